The fourth-order valence-electron chi connectivity index (χ4n) is 1.47. The van der Waals surface area contributed by atoms with Crippen molar-refractivity contribution in [3.63, 3.8) is 0 Å². The van der Waals surface area contributed by atoms with E-state index in [4.69, 9.17) is 9.63 Å². The van der Waals surface area contributed by atoms with Gasteiger partial charge in [0.15, 0.2) is 5.76 Å². The number of carbonyl (C=O) groups is 2. The Kier molecular flexibility index (Phi) is 5.19. The van der Waals surface area contributed by atoms with Crippen LogP contribution in [0.2, 0.25) is 0 Å². The van der Waals surface area contributed by atoms with E-state index in [0.717, 1.165) is 10.6 Å². The number of nitrogens with zero attached hydrogens (tertiary/aromatic N) is 1. The summed E-state index contributed by atoms with van der Waals surface area (Å²) in [6.07, 6.45) is 0.393. The molecule has 0 spiro atoms. The van der Waals surface area contributed by atoms with E-state index in [-0.39, 0.29) is 5.75 Å². The highest BCUT2D eigenvalue weighted by molar-refractivity contribution is 7.98. The Morgan fingerprint density at radius 1 is 1.65 bits per heavy atom. The van der Waals surface area contributed by atoms with E-state index in [9.17, 15) is 9.59 Å². The number of hydrogen-bond acceptors (Lipinski definition) is 6. The smallest absolute Gasteiger partial charge is 0.327 e. The standard InChI is InChI=1S/C12H12N2O4S2/c15-7-13-9(12(16)17)6-19-5-8-4-10(18-14-8)11-2-1-3-20-11/h1-4,7,9H,5-6H2,(H,13,15)(H,16,17). The van der Waals surface area contributed by atoms with Crippen LogP contribution in [0.1, 0.15) is 5.69 Å². The van der Waals surface area contributed by atoms with Gasteiger partial charge in [0.05, 0.1) is 10.6 Å². The summed E-state index contributed by atoms with van der Waals surface area (Å²) >= 11 is 2.93. The summed E-state index contributed by atoms with van der Waals surface area (Å²) in [5.74, 6) is 0.453. The lowest BCUT2D eigenvalue weighted by Crippen LogP contribution is -2.37. The molecule has 0 fully saturated rings. The van der Waals surface area contributed by atoms with E-state index in [2.05, 4.69) is 10.5 Å². The van der Waals surface area contributed by atoms with Gasteiger partial charge in [-0.3, -0.25) is 4.79 Å². The fraction of sp³-hybridized carbons (Fsp3) is 0.250. The van der Waals surface area contributed by atoms with Crippen molar-refractivity contribution in [3.05, 3.63) is 29.3 Å². The number of hydrogen-bond donors (Lipinski definition) is 2. The van der Waals surface area contributed by atoms with Crippen molar-refractivity contribution in [2.75, 3.05) is 5.75 Å². The average Bonchev–Trinajstić information content (AvgIpc) is 3.08. The van der Waals surface area contributed by atoms with Crippen LogP contribution in [0.4, 0.5) is 0 Å². The van der Waals surface area contributed by atoms with E-state index in [0.29, 0.717) is 17.9 Å². The van der Waals surface area contributed by atoms with Gasteiger partial charge in [-0.1, -0.05) is 11.2 Å². The van der Waals surface area contributed by atoms with Crippen molar-refractivity contribution in [1.29, 1.82) is 0 Å². The zero-order valence-corrected chi connectivity index (χ0v) is 11.9. The summed E-state index contributed by atoms with van der Waals surface area (Å²) in [5.41, 5.74) is 0.744. The first-order chi connectivity index (χ1) is 9.70. The number of aromatic nitrogens is 1. The number of thiophene rings is 1. The maximum absolute atomic E-state index is 10.8. The molecule has 0 saturated heterocycles. The SMILES string of the molecule is O=CNC(CSCc1cc(-c2cccs2)on1)C(=O)O. The van der Waals surface area contributed by atoms with Crippen LogP contribution in [0.15, 0.2) is 28.1 Å². The van der Waals surface area contributed by atoms with Crippen LogP contribution in [0.25, 0.3) is 10.6 Å². The third-order valence-corrected chi connectivity index (χ3v) is 4.38. The molecule has 0 radical (unpaired) electrons. The first-order valence-electron chi connectivity index (χ1n) is 5.70. The van der Waals surface area contributed by atoms with Gasteiger partial charge in [-0.2, -0.15) is 11.8 Å². The lowest BCUT2D eigenvalue weighted by atomic mass is 10.3. The highest BCUT2D eigenvalue weighted by Gasteiger charge is 2.16. The Morgan fingerprint density at radius 3 is 3.15 bits per heavy atom. The third kappa shape index (κ3) is 3.84. The highest BCUT2D eigenvalue weighted by atomic mass is 32.2. The molecule has 106 valence electrons. The lowest BCUT2D eigenvalue weighted by Gasteiger charge is -2.09. The number of carboxylic acid groups (broad SMARTS) is 1. The number of carboxylic acids is 1. The second kappa shape index (κ2) is 7.11. The van der Waals surface area contributed by atoms with Gasteiger partial charge in [-0.05, 0) is 11.4 Å². The average molecular weight is 312 g/mol. The minimum Gasteiger partial charge on any atom is -0.480 e. The predicted octanol–water partition coefficient (Wildman–Crippen LogP) is 1.84. The zero-order valence-electron chi connectivity index (χ0n) is 10.3. The monoisotopic (exact) mass is 312 g/mol. The summed E-state index contributed by atoms with van der Waals surface area (Å²) in [7, 11) is 0. The molecule has 1 amide bonds. The summed E-state index contributed by atoms with van der Waals surface area (Å²) in [5, 5.41) is 17.0. The molecule has 1 atom stereocenters. The van der Waals surface area contributed by atoms with Crippen LogP contribution in [0.3, 0.4) is 0 Å². The molecular formula is C12H12N2O4S2. The third-order valence-electron chi connectivity index (χ3n) is 2.42. The number of thioether (sulfide) groups is 1. The molecule has 6 nitrogen and oxygen atoms in total. The second-order valence-electron chi connectivity index (χ2n) is 3.85. The van der Waals surface area contributed by atoms with Gasteiger partial charge in [0.25, 0.3) is 0 Å². The summed E-state index contributed by atoms with van der Waals surface area (Å²) in [6, 6.07) is 4.82. The molecule has 0 aliphatic carbocycles. The van der Waals surface area contributed by atoms with Crippen LogP contribution < -0.4 is 5.32 Å². The Labute approximate surface area is 123 Å². The first kappa shape index (κ1) is 14.6. The van der Waals surface area contributed by atoms with E-state index in [1.807, 2.05) is 23.6 Å². The predicted molar refractivity (Wildman–Crippen MR) is 76.6 cm³/mol. The highest BCUT2D eigenvalue weighted by Crippen LogP contribution is 2.26. The minimum absolute atomic E-state index is 0.273. The summed E-state index contributed by atoms with van der Waals surface area (Å²) < 4.78 is 5.22. The molecule has 0 aliphatic rings. The maximum atomic E-state index is 10.8. The van der Waals surface area contributed by atoms with Crippen LogP contribution in [-0.2, 0) is 15.3 Å². The normalized spacial score (nSPS) is 12.0. The Bertz CT molecular complexity index is 568. The zero-order chi connectivity index (χ0) is 14.4. The van der Waals surface area contributed by atoms with Crippen molar-refractivity contribution in [2.24, 2.45) is 0 Å². The van der Waals surface area contributed by atoms with Gasteiger partial charge in [0, 0.05) is 17.6 Å². The summed E-state index contributed by atoms with van der Waals surface area (Å²) in [6.45, 7) is 0. The largest absolute Gasteiger partial charge is 0.480 e. The van der Waals surface area contributed by atoms with Gasteiger partial charge in [0.1, 0.15) is 6.04 Å². The molecule has 0 aromatic carbocycles. The van der Waals surface area contributed by atoms with Crippen molar-refractivity contribution < 1.29 is 19.2 Å². The van der Waals surface area contributed by atoms with Crippen molar-refractivity contribution in [1.82, 2.24) is 10.5 Å². The topological polar surface area (TPSA) is 92.4 Å². The molecule has 2 rings (SSSR count). The van der Waals surface area contributed by atoms with E-state index < -0.39 is 12.0 Å². The quantitative estimate of drug-likeness (QED) is 0.723. The van der Waals surface area contributed by atoms with Gasteiger partial charge in [-0.15, -0.1) is 11.3 Å². The van der Waals surface area contributed by atoms with Crippen LogP contribution in [0.5, 0.6) is 0 Å². The fourth-order valence-corrected chi connectivity index (χ4v) is 3.08. The molecule has 2 aromatic rings. The molecule has 2 heterocycles. The molecule has 2 aromatic heterocycles. The van der Waals surface area contributed by atoms with E-state index >= 15 is 0 Å². The Hall–Kier alpha value is -1.80. The summed E-state index contributed by atoms with van der Waals surface area (Å²) in [4.78, 5) is 22.1. The second-order valence-corrected chi connectivity index (χ2v) is 5.83. The van der Waals surface area contributed by atoms with E-state index in [1.54, 1.807) is 11.3 Å². The number of rotatable bonds is 8. The number of aliphatic carboxylic acids is 1. The van der Waals surface area contributed by atoms with Crippen molar-refractivity contribution in [3.8, 4) is 10.6 Å². The Morgan fingerprint density at radius 2 is 2.50 bits per heavy atom. The first-order valence-corrected chi connectivity index (χ1v) is 7.74. The molecule has 0 aliphatic heterocycles. The molecule has 0 bridgehead atoms. The Balaban J connectivity index is 1.85. The minimum atomic E-state index is -1.05. The van der Waals surface area contributed by atoms with Crippen LogP contribution in [-0.4, -0.2) is 34.4 Å². The van der Waals surface area contributed by atoms with Crippen LogP contribution in [0, 0.1) is 0 Å². The molecule has 8 heteroatoms. The maximum Gasteiger partial charge on any atom is 0.327 e. The molecule has 2 N–H and O–H groups in total. The van der Waals surface area contributed by atoms with Crippen LogP contribution >= 0.6 is 23.1 Å². The van der Waals surface area contributed by atoms with Gasteiger partial charge in [0.2, 0.25) is 6.41 Å². The molecule has 20 heavy (non-hydrogen) atoms. The molecule has 0 saturated carbocycles. The number of nitrogens with one attached hydrogen (secondary N) is 1. The number of carbonyl (C=O) groups excluding carboxylic acids is 1. The van der Waals surface area contributed by atoms with E-state index in [1.165, 1.54) is 11.8 Å². The number of amides is 1. The van der Waals surface area contributed by atoms with Gasteiger partial charge >= 0.3 is 5.97 Å². The molecular weight excluding hydrogens is 300 g/mol. The van der Waals surface area contributed by atoms with Gasteiger partial charge < -0.3 is 14.9 Å². The van der Waals surface area contributed by atoms with Crippen molar-refractivity contribution in [2.45, 2.75) is 11.8 Å². The molecule has 1 unspecified atom stereocenters. The van der Waals surface area contributed by atoms with Crippen molar-refractivity contribution >= 4 is 35.5 Å². The van der Waals surface area contributed by atoms with Gasteiger partial charge in [-0.25, -0.2) is 4.79 Å². The lowest BCUT2D eigenvalue weighted by molar-refractivity contribution is -0.139.